The maximum absolute atomic E-state index is 13.0. The predicted octanol–water partition coefficient (Wildman–Crippen LogP) is 6.64. The molecule has 3 aromatic rings. The fourth-order valence-electron chi connectivity index (χ4n) is 3.60. The topological polar surface area (TPSA) is 84.5 Å². The molecule has 0 heterocycles. The average molecular weight is 473 g/mol. The third-order valence-electron chi connectivity index (χ3n) is 5.39. The number of hydrogen-bond donors (Lipinski definition) is 2. The molecule has 0 bridgehead atoms. The van der Waals surface area contributed by atoms with E-state index in [2.05, 4.69) is 10.6 Å². The Balaban J connectivity index is 1.67. The minimum absolute atomic E-state index is 0.0380. The van der Waals surface area contributed by atoms with Crippen molar-refractivity contribution in [2.75, 3.05) is 10.6 Å². The van der Waals surface area contributed by atoms with Gasteiger partial charge in [-0.3, -0.25) is 14.9 Å². The number of nitrogens with one attached hydrogen (secondary N) is 2. The molecule has 0 aliphatic carbocycles. The van der Waals surface area contributed by atoms with Crippen LogP contribution in [0.25, 0.3) is 0 Å². The number of ketones is 1. The van der Waals surface area contributed by atoms with Crippen LogP contribution >= 0.6 is 0 Å². The molecule has 0 saturated carbocycles. The third kappa shape index (κ3) is 7.27. The highest BCUT2D eigenvalue weighted by Gasteiger charge is 2.18. The van der Waals surface area contributed by atoms with Crippen molar-refractivity contribution in [3.63, 3.8) is 0 Å². The molecule has 2 amide bonds. The van der Waals surface area contributed by atoms with E-state index in [1.54, 1.807) is 57.2 Å². The van der Waals surface area contributed by atoms with Crippen molar-refractivity contribution in [1.29, 1.82) is 0 Å². The zero-order chi connectivity index (χ0) is 25.8. The fourth-order valence-corrected chi connectivity index (χ4v) is 3.60. The van der Waals surface area contributed by atoms with E-state index in [1.165, 1.54) is 0 Å². The Labute approximate surface area is 206 Å². The van der Waals surface area contributed by atoms with Crippen molar-refractivity contribution in [2.45, 2.75) is 53.6 Å². The van der Waals surface area contributed by atoms with E-state index in [0.29, 0.717) is 16.8 Å². The maximum Gasteiger partial charge on any atom is 0.412 e. The van der Waals surface area contributed by atoms with Crippen molar-refractivity contribution in [3.8, 4) is 0 Å². The molecule has 0 unspecified atom stereocenters. The van der Waals surface area contributed by atoms with Gasteiger partial charge in [-0.2, -0.15) is 0 Å². The van der Waals surface area contributed by atoms with Crippen molar-refractivity contribution >= 4 is 29.2 Å². The quantitative estimate of drug-likeness (QED) is 0.394. The lowest BCUT2D eigenvalue weighted by atomic mass is 9.94. The van der Waals surface area contributed by atoms with Crippen molar-refractivity contribution in [3.05, 3.63) is 94.0 Å². The molecular formula is C29H32N2O4. The number of carbonyl (C=O) groups is 3. The van der Waals surface area contributed by atoms with Gasteiger partial charge in [-0.15, -0.1) is 0 Å². The first-order chi connectivity index (χ1) is 16.4. The number of ether oxygens (including phenoxy) is 1. The van der Waals surface area contributed by atoms with Gasteiger partial charge in [0, 0.05) is 28.9 Å². The first-order valence-electron chi connectivity index (χ1n) is 11.5. The summed E-state index contributed by atoms with van der Waals surface area (Å²) in [6.45, 7) is 11.1. The van der Waals surface area contributed by atoms with Gasteiger partial charge in [0.15, 0.2) is 5.78 Å². The molecule has 35 heavy (non-hydrogen) atoms. The smallest absolute Gasteiger partial charge is 0.412 e. The minimum Gasteiger partial charge on any atom is -0.444 e. The summed E-state index contributed by atoms with van der Waals surface area (Å²) in [4.78, 5) is 37.7. The largest absolute Gasteiger partial charge is 0.444 e. The lowest BCUT2D eigenvalue weighted by Gasteiger charge is -2.19. The molecule has 0 fully saturated rings. The van der Waals surface area contributed by atoms with Crippen LogP contribution in [0, 0.1) is 20.8 Å². The minimum atomic E-state index is -0.580. The number of aryl methyl sites for hydroxylation is 3. The van der Waals surface area contributed by atoms with E-state index in [4.69, 9.17) is 4.74 Å². The zero-order valence-electron chi connectivity index (χ0n) is 21.1. The molecular weight excluding hydrogens is 440 g/mol. The van der Waals surface area contributed by atoms with Gasteiger partial charge < -0.3 is 10.1 Å². The highest BCUT2D eigenvalue weighted by molar-refractivity contribution is 6.07. The SMILES string of the molecule is Cc1ccc(NC(=O)c2cc(C)c(C(=O)Cc3ccc(NC(=O)OC(C)(C)C)cc3)cc2C)cc1. The summed E-state index contributed by atoms with van der Waals surface area (Å²) in [6.07, 6.45) is -0.319. The van der Waals surface area contributed by atoms with Crippen LogP contribution in [0.4, 0.5) is 16.2 Å². The molecule has 0 spiro atoms. The Morgan fingerprint density at radius 3 is 1.86 bits per heavy atom. The van der Waals surface area contributed by atoms with Crippen molar-refractivity contribution in [1.82, 2.24) is 0 Å². The summed E-state index contributed by atoms with van der Waals surface area (Å²) in [7, 11) is 0. The normalized spacial score (nSPS) is 11.0. The van der Waals surface area contributed by atoms with E-state index >= 15 is 0 Å². The fraction of sp³-hybridized carbons (Fsp3) is 0.276. The summed E-state index contributed by atoms with van der Waals surface area (Å²) in [6, 6.07) is 18.2. The standard InChI is InChI=1S/C29H32N2O4/c1-18-7-11-22(12-8-18)30-27(33)25-16-19(2)24(15-20(25)3)26(32)17-21-9-13-23(14-10-21)31-28(34)35-29(4,5)6/h7-16H,17H2,1-6H3,(H,30,33)(H,31,34). The van der Waals surface area contributed by atoms with Gasteiger partial charge in [-0.1, -0.05) is 29.8 Å². The van der Waals surface area contributed by atoms with Crippen LogP contribution in [0.3, 0.4) is 0 Å². The molecule has 0 radical (unpaired) electrons. The summed E-state index contributed by atoms with van der Waals surface area (Å²) in [5.74, 6) is -0.245. The Morgan fingerprint density at radius 1 is 0.743 bits per heavy atom. The average Bonchev–Trinajstić information content (AvgIpc) is 2.76. The molecule has 0 aromatic heterocycles. The Bertz CT molecular complexity index is 1240. The van der Waals surface area contributed by atoms with Crippen molar-refractivity contribution < 1.29 is 19.1 Å². The highest BCUT2D eigenvalue weighted by atomic mass is 16.6. The van der Waals surface area contributed by atoms with Crippen LogP contribution in [-0.2, 0) is 11.2 Å². The van der Waals surface area contributed by atoms with Gasteiger partial charge in [0.1, 0.15) is 5.60 Å². The molecule has 0 aliphatic heterocycles. The lowest BCUT2D eigenvalue weighted by Crippen LogP contribution is -2.27. The van der Waals surface area contributed by atoms with Gasteiger partial charge >= 0.3 is 6.09 Å². The van der Waals surface area contributed by atoms with E-state index < -0.39 is 11.7 Å². The zero-order valence-corrected chi connectivity index (χ0v) is 21.1. The number of benzene rings is 3. The second-order valence-electron chi connectivity index (χ2n) is 9.73. The molecule has 0 atom stereocenters. The number of carbonyl (C=O) groups excluding carboxylic acids is 3. The van der Waals surface area contributed by atoms with Crippen LogP contribution in [0.15, 0.2) is 60.7 Å². The van der Waals surface area contributed by atoms with Gasteiger partial charge in [0.05, 0.1) is 0 Å². The van der Waals surface area contributed by atoms with E-state index in [1.807, 2.05) is 45.0 Å². The second kappa shape index (κ2) is 10.6. The molecule has 2 N–H and O–H groups in total. The molecule has 3 aromatic carbocycles. The van der Waals surface area contributed by atoms with Gasteiger partial charge in [0.25, 0.3) is 5.91 Å². The molecule has 182 valence electrons. The first-order valence-corrected chi connectivity index (χ1v) is 11.5. The highest BCUT2D eigenvalue weighted by Crippen LogP contribution is 2.21. The summed E-state index contributed by atoms with van der Waals surface area (Å²) in [5.41, 5.74) is 5.29. The Morgan fingerprint density at radius 2 is 1.26 bits per heavy atom. The van der Waals surface area contributed by atoms with Crippen LogP contribution in [-0.4, -0.2) is 23.4 Å². The van der Waals surface area contributed by atoms with E-state index in [9.17, 15) is 14.4 Å². The lowest BCUT2D eigenvalue weighted by molar-refractivity contribution is 0.0635. The first kappa shape index (κ1) is 25.7. The summed E-state index contributed by atoms with van der Waals surface area (Å²) in [5, 5.41) is 5.59. The maximum atomic E-state index is 13.0. The van der Waals surface area contributed by atoms with Crippen LogP contribution in [0.1, 0.15) is 63.7 Å². The molecule has 0 saturated heterocycles. The van der Waals surface area contributed by atoms with Crippen LogP contribution in [0.2, 0.25) is 0 Å². The van der Waals surface area contributed by atoms with Gasteiger partial charge in [0.2, 0.25) is 0 Å². The number of anilines is 2. The van der Waals surface area contributed by atoms with Crippen molar-refractivity contribution in [2.24, 2.45) is 0 Å². The van der Waals surface area contributed by atoms with Gasteiger partial charge in [-0.05, 0) is 94.6 Å². The van der Waals surface area contributed by atoms with Crippen LogP contribution in [0.5, 0.6) is 0 Å². The molecule has 0 aliphatic rings. The molecule has 6 nitrogen and oxygen atoms in total. The number of amides is 2. The predicted molar refractivity (Wildman–Crippen MR) is 139 cm³/mol. The number of Topliss-reactive ketones (excluding diaryl/α,β-unsaturated/α-hetero) is 1. The second-order valence-corrected chi connectivity index (χ2v) is 9.73. The van der Waals surface area contributed by atoms with E-state index in [0.717, 1.165) is 27.9 Å². The van der Waals surface area contributed by atoms with E-state index in [-0.39, 0.29) is 18.1 Å². The van der Waals surface area contributed by atoms with Crippen LogP contribution < -0.4 is 10.6 Å². The Hall–Kier alpha value is -3.93. The summed E-state index contributed by atoms with van der Waals surface area (Å²) >= 11 is 0. The third-order valence-corrected chi connectivity index (χ3v) is 5.39. The summed E-state index contributed by atoms with van der Waals surface area (Å²) < 4.78 is 5.25. The Kier molecular flexibility index (Phi) is 7.75. The number of rotatable bonds is 6. The van der Waals surface area contributed by atoms with Gasteiger partial charge in [-0.25, -0.2) is 4.79 Å². The number of hydrogen-bond acceptors (Lipinski definition) is 4. The molecule has 3 rings (SSSR count). The molecule has 6 heteroatoms. The monoisotopic (exact) mass is 472 g/mol.